The van der Waals surface area contributed by atoms with Crippen molar-refractivity contribution in [1.29, 1.82) is 0 Å². The number of hydrogen-bond donors (Lipinski definition) is 0. The number of piperidine rings is 1. The van der Waals surface area contributed by atoms with Crippen molar-refractivity contribution in [3.8, 4) is 0 Å². The van der Waals surface area contributed by atoms with E-state index in [1.165, 1.54) is 12.8 Å². The topological polar surface area (TPSA) is 48.8 Å². The van der Waals surface area contributed by atoms with Gasteiger partial charge in [0.1, 0.15) is 0 Å². The molecule has 0 unspecified atom stereocenters. The summed E-state index contributed by atoms with van der Waals surface area (Å²) in [6.45, 7) is 5.09. The maximum atomic E-state index is 13.3. The Hall–Kier alpha value is -2.60. The Balaban J connectivity index is 1.37. The van der Waals surface area contributed by atoms with E-state index in [0.29, 0.717) is 12.5 Å². The van der Waals surface area contributed by atoms with Crippen LogP contribution < -0.4 is 10.5 Å². The molecular formula is C25H32N4O2. The monoisotopic (exact) mass is 420 g/mol. The molecule has 2 saturated heterocycles. The Bertz CT molecular complexity index is 1040. The molecule has 3 aliphatic heterocycles. The van der Waals surface area contributed by atoms with E-state index in [1.54, 1.807) is 0 Å². The van der Waals surface area contributed by atoms with E-state index in [9.17, 15) is 9.59 Å². The molecule has 1 aromatic heterocycles. The third-order valence-electron chi connectivity index (χ3n) is 7.17. The van der Waals surface area contributed by atoms with Crippen LogP contribution in [0.2, 0.25) is 0 Å². The van der Waals surface area contributed by atoms with E-state index < -0.39 is 0 Å². The van der Waals surface area contributed by atoms with Crippen LogP contribution in [0, 0.1) is 5.92 Å². The number of nitrogens with zero attached hydrogens (tertiary/aromatic N) is 4. The van der Waals surface area contributed by atoms with Crippen molar-refractivity contribution >= 4 is 11.6 Å². The minimum atomic E-state index is 0.0971. The minimum absolute atomic E-state index is 0.0971. The summed E-state index contributed by atoms with van der Waals surface area (Å²) in [6.07, 6.45) is 3.53. The first-order valence-electron chi connectivity index (χ1n) is 11.5. The number of benzene rings is 1. The van der Waals surface area contributed by atoms with Crippen LogP contribution in [0.4, 0.5) is 5.69 Å². The summed E-state index contributed by atoms with van der Waals surface area (Å²) in [5, 5.41) is 0. The maximum Gasteiger partial charge on any atom is 0.255 e. The summed E-state index contributed by atoms with van der Waals surface area (Å²) in [5.74, 6) is 0.675. The molecular weight excluding hydrogens is 388 g/mol. The second-order valence-corrected chi connectivity index (χ2v) is 9.64. The maximum absolute atomic E-state index is 13.3. The second kappa shape index (κ2) is 8.15. The summed E-state index contributed by atoms with van der Waals surface area (Å²) in [4.78, 5) is 32.9. The lowest BCUT2D eigenvalue weighted by Gasteiger charge is -2.43. The highest BCUT2D eigenvalue weighted by molar-refractivity contribution is 5.95. The molecule has 0 spiro atoms. The number of carbonyl (C=O) groups is 1. The van der Waals surface area contributed by atoms with Gasteiger partial charge in [-0.05, 0) is 62.5 Å². The molecule has 2 bridgehead atoms. The van der Waals surface area contributed by atoms with E-state index in [-0.39, 0.29) is 17.4 Å². The second-order valence-electron chi connectivity index (χ2n) is 9.64. The molecule has 0 saturated carbocycles. The van der Waals surface area contributed by atoms with Gasteiger partial charge in [-0.15, -0.1) is 0 Å². The van der Waals surface area contributed by atoms with Crippen LogP contribution in [0.3, 0.4) is 0 Å². The minimum Gasteiger partial charge on any atom is -0.378 e. The molecule has 6 nitrogen and oxygen atoms in total. The summed E-state index contributed by atoms with van der Waals surface area (Å²) in [7, 11) is 3.98. The van der Waals surface area contributed by atoms with Gasteiger partial charge >= 0.3 is 0 Å². The molecule has 2 fully saturated rings. The molecule has 5 rings (SSSR count). The van der Waals surface area contributed by atoms with Crippen molar-refractivity contribution in [1.82, 2.24) is 14.4 Å². The molecule has 1 amide bonds. The summed E-state index contributed by atoms with van der Waals surface area (Å²) in [5.41, 5.74) is 3.97. The molecule has 4 heterocycles. The number of hydrogen-bond acceptors (Lipinski definition) is 4. The Kier molecular flexibility index (Phi) is 5.34. The van der Waals surface area contributed by atoms with Crippen LogP contribution in [0.5, 0.6) is 0 Å². The molecule has 31 heavy (non-hydrogen) atoms. The first-order valence-corrected chi connectivity index (χ1v) is 11.5. The van der Waals surface area contributed by atoms with Gasteiger partial charge in [0.15, 0.2) is 0 Å². The van der Waals surface area contributed by atoms with Gasteiger partial charge < -0.3 is 14.4 Å². The van der Waals surface area contributed by atoms with E-state index >= 15 is 0 Å². The molecule has 0 radical (unpaired) electrons. The van der Waals surface area contributed by atoms with Crippen molar-refractivity contribution in [3.05, 3.63) is 63.6 Å². The Labute approximate surface area is 184 Å². The first-order chi connectivity index (χ1) is 15.0. The lowest BCUT2D eigenvalue weighted by molar-refractivity contribution is 0.0594. The third kappa shape index (κ3) is 3.89. The fraction of sp³-hybridized carbons (Fsp3) is 0.520. The lowest BCUT2D eigenvalue weighted by Crippen LogP contribution is -2.49. The van der Waals surface area contributed by atoms with E-state index in [0.717, 1.165) is 61.7 Å². The smallest absolute Gasteiger partial charge is 0.255 e. The standard InChI is InChI=1S/C25H32N4O2/c1-26(2)22-7-5-6-19(13-22)24(30)28-14-18-12-21(17-28)23-9-8-20(25(31)29(23)15-18)16-27-10-3-4-11-27/h5-9,13,18,21H,3-4,10-12,14-17H2,1-2H3/t18-,21+/m0/s1. The Morgan fingerprint density at radius 1 is 1.06 bits per heavy atom. The number of pyridine rings is 1. The predicted molar refractivity (Wildman–Crippen MR) is 123 cm³/mol. The van der Waals surface area contributed by atoms with E-state index in [2.05, 4.69) is 11.0 Å². The predicted octanol–water partition coefficient (Wildman–Crippen LogP) is 2.77. The van der Waals surface area contributed by atoms with Crippen LogP contribution in [0.1, 0.15) is 46.8 Å². The summed E-state index contributed by atoms with van der Waals surface area (Å²) < 4.78 is 2.01. The number of carbonyl (C=O) groups excluding carboxylic acids is 1. The molecule has 2 aromatic rings. The van der Waals surface area contributed by atoms with Gasteiger partial charge in [0.05, 0.1) is 0 Å². The zero-order valence-electron chi connectivity index (χ0n) is 18.6. The lowest BCUT2D eigenvalue weighted by atomic mass is 9.82. The van der Waals surface area contributed by atoms with Crippen LogP contribution >= 0.6 is 0 Å². The van der Waals surface area contributed by atoms with Gasteiger partial charge in [-0.3, -0.25) is 14.5 Å². The van der Waals surface area contributed by atoms with Crippen LogP contribution in [0.25, 0.3) is 0 Å². The average Bonchev–Trinajstić information content (AvgIpc) is 3.28. The number of likely N-dealkylation sites (tertiary alicyclic amines) is 2. The fourth-order valence-electron chi connectivity index (χ4n) is 5.56. The number of anilines is 1. The molecule has 0 aliphatic carbocycles. The van der Waals surface area contributed by atoms with E-state index in [4.69, 9.17) is 0 Å². The van der Waals surface area contributed by atoms with Gasteiger partial charge in [-0.1, -0.05) is 12.1 Å². The largest absolute Gasteiger partial charge is 0.378 e. The Morgan fingerprint density at radius 2 is 1.87 bits per heavy atom. The average molecular weight is 421 g/mol. The van der Waals surface area contributed by atoms with Crippen LogP contribution in [0.15, 0.2) is 41.2 Å². The van der Waals surface area contributed by atoms with Crippen molar-refractivity contribution in [2.45, 2.75) is 38.3 Å². The molecule has 0 N–H and O–H groups in total. The number of rotatable bonds is 4. The zero-order valence-corrected chi connectivity index (χ0v) is 18.6. The van der Waals surface area contributed by atoms with Gasteiger partial charge in [-0.25, -0.2) is 0 Å². The highest BCUT2D eigenvalue weighted by Gasteiger charge is 2.37. The highest BCUT2D eigenvalue weighted by atomic mass is 16.2. The van der Waals surface area contributed by atoms with Crippen molar-refractivity contribution < 1.29 is 4.79 Å². The van der Waals surface area contributed by atoms with Crippen molar-refractivity contribution in [2.24, 2.45) is 5.92 Å². The van der Waals surface area contributed by atoms with Gasteiger partial charge in [0, 0.05) is 68.7 Å². The number of fused-ring (bicyclic) bond motifs is 4. The summed E-state index contributed by atoms with van der Waals surface area (Å²) >= 11 is 0. The van der Waals surface area contributed by atoms with Crippen molar-refractivity contribution in [2.75, 3.05) is 45.2 Å². The quantitative estimate of drug-likeness (QED) is 0.763. The molecule has 1 aromatic carbocycles. The third-order valence-corrected chi connectivity index (χ3v) is 7.17. The Morgan fingerprint density at radius 3 is 2.65 bits per heavy atom. The normalized spacial score (nSPS) is 23.0. The van der Waals surface area contributed by atoms with Crippen molar-refractivity contribution in [3.63, 3.8) is 0 Å². The molecule has 2 atom stereocenters. The zero-order chi connectivity index (χ0) is 21.5. The molecule has 6 heteroatoms. The number of aromatic nitrogens is 1. The first kappa shape index (κ1) is 20.3. The van der Waals surface area contributed by atoms with Gasteiger partial charge in [0.2, 0.25) is 0 Å². The van der Waals surface area contributed by atoms with Gasteiger partial charge in [-0.2, -0.15) is 0 Å². The summed E-state index contributed by atoms with van der Waals surface area (Å²) in [6, 6.07) is 12.0. The molecule has 164 valence electrons. The van der Waals surface area contributed by atoms with Crippen LogP contribution in [-0.2, 0) is 13.1 Å². The fourth-order valence-corrected chi connectivity index (χ4v) is 5.56. The van der Waals surface area contributed by atoms with Crippen LogP contribution in [-0.4, -0.2) is 60.5 Å². The van der Waals surface area contributed by atoms with E-state index in [1.807, 2.05) is 58.8 Å². The molecule has 3 aliphatic rings. The van der Waals surface area contributed by atoms with Gasteiger partial charge in [0.25, 0.3) is 11.5 Å². The highest BCUT2D eigenvalue weighted by Crippen LogP contribution is 2.36. The SMILES string of the molecule is CN(C)c1cccc(C(=O)N2C[C@@H]3C[C@H](C2)c2ccc(CN4CCCC4)c(=O)n2C3)c1. The number of amides is 1.